The largest absolute Gasteiger partial charge is 0.312 e. The van der Waals surface area contributed by atoms with Crippen molar-refractivity contribution in [2.24, 2.45) is 0 Å². The van der Waals surface area contributed by atoms with Gasteiger partial charge >= 0.3 is 0 Å². The summed E-state index contributed by atoms with van der Waals surface area (Å²) >= 11 is 3.23. The van der Waals surface area contributed by atoms with Gasteiger partial charge in [0.15, 0.2) is 0 Å². The molecule has 1 N–H and O–H groups in total. The lowest BCUT2D eigenvalue weighted by Gasteiger charge is -2.06. The fourth-order valence-electron chi connectivity index (χ4n) is 1.93. The lowest BCUT2D eigenvalue weighted by atomic mass is 10.2. The number of rotatable bonds is 6. The molecule has 20 heavy (non-hydrogen) atoms. The predicted octanol–water partition coefficient (Wildman–Crippen LogP) is 4.48. The Kier molecular flexibility index (Phi) is 5.57. The van der Waals surface area contributed by atoms with E-state index in [1.54, 1.807) is 29.2 Å². The minimum Gasteiger partial charge on any atom is -0.312 e. The third-order valence-electron chi connectivity index (χ3n) is 2.92. The van der Waals surface area contributed by atoms with E-state index in [1.165, 1.54) is 10.9 Å². The number of benzene rings is 1. The van der Waals surface area contributed by atoms with E-state index < -0.39 is 0 Å². The average molecular weight is 310 g/mol. The number of aromatic nitrogens is 1. The molecular formula is C15H19FN2S2. The van der Waals surface area contributed by atoms with Crippen LogP contribution in [0.2, 0.25) is 0 Å². The fourth-order valence-corrected chi connectivity index (χ4v) is 3.91. The zero-order valence-electron chi connectivity index (χ0n) is 12.0. The number of thioether (sulfide) groups is 1. The van der Waals surface area contributed by atoms with Gasteiger partial charge in [0.2, 0.25) is 0 Å². The molecule has 5 heteroatoms. The van der Waals surface area contributed by atoms with Crippen LogP contribution in [-0.4, -0.2) is 17.3 Å². The third-order valence-corrected chi connectivity index (χ3v) is 5.03. The third kappa shape index (κ3) is 3.40. The summed E-state index contributed by atoms with van der Waals surface area (Å²) in [6.07, 6.45) is 0. The molecule has 1 heterocycles. The first-order chi connectivity index (χ1) is 9.67. The van der Waals surface area contributed by atoms with Crippen LogP contribution in [0.1, 0.15) is 24.4 Å². The topological polar surface area (TPSA) is 24.9 Å². The highest BCUT2D eigenvalue weighted by atomic mass is 32.2. The van der Waals surface area contributed by atoms with Crippen molar-refractivity contribution in [3.8, 4) is 10.6 Å². The zero-order valence-corrected chi connectivity index (χ0v) is 13.6. The molecule has 0 radical (unpaired) electrons. The van der Waals surface area contributed by atoms with E-state index in [9.17, 15) is 4.39 Å². The Labute approximate surface area is 127 Å². The van der Waals surface area contributed by atoms with Crippen molar-refractivity contribution in [3.05, 3.63) is 34.6 Å². The molecule has 0 aliphatic heterocycles. The summed E-state index contributed by atoms with van der Waals surface area (Å²) in [4.78, 5) is 6.71. The lowest BCUT2D eigenvalue weighted by molar-refractivity contribution is 0.628. The highest BCUT2D eigenvalue weighted by Gasteiger charge is 2.16. The molecule has 1 aromatic carbocycles. The first-order valence-corrected chi connectivity index (χ1v) is 8.56. The molecule has 0 aliphatic carbocycles. The Morgan fingerprint density at radius 1 is 1.35 bits per heavy atom. The van der Waals surface area contributed by atoms with Crippen LogP contribution in [0.25, 0.3) is 10.6 Å². The van der Waals surface area contributed by atoms with Crippen LogP contribution in [0, 0.1) is 12.7 Å². The number of thiazole rings is 1. The van der Waals surface area contributed by atoms with Gasteiger partial charge in [-0.25, -0.2) is 9.37 Å². The van der Waals surface area contributed by atoms with Crippen molar-refractivity contribution in [1.29, 1.82) is 0 Å². The Bertz CT molecular complexity index is 581. The second-order valence-electron chi connectivity index (χ2n) is 4.35. The van der Waals surface area contributed by atoms with Crippen LogP contribution in [-0.2, 0) is 6.54 Å². The SMILES string of the molecule is CCNCc1sc(-c2c(F)cccc2SCC)nc1C. The minimum atomic E-state index is -0.188. The van der Waals surface area contributed by atoms with E-state index in [0.717, 1.165) is 34.4 Å². The van der Waals surface area contributed by atoms with Gasteiger partial charge in [-0.2, -0.15) is 0 Å². The van der Waals surface area contributed by atoms with Crippen LogP contribution in [0.5, 0.6) is 0 Å². The van der Waals surface area contributed by atoms with Crippen LogP contribution in [0.3, 0.4) is 0 Å². The number of hydrogen-bond acceptors (Lipinski definition) is 4. The Hall–Kier alpha value is -0.910. The van der Waals surface area contributed by atoms with Gasteiger partial charge in [0.1, 0.15) is 10.8 Å². The van der Waals surface area contributed by atoms with Crippen molar-refractivity contribution in [1.82, 2.24) is 10.3 Å². The maximum Gasteiger partial charge on any atom is 0.134 e. The molecular weight excluding hydrogens is 291 g/mol. The van der Waals surface area contributed by atoms with Crippen molar-refractivity contribution in [2.75, 3.05) is 12.3 Å². The fraction of sp³-hybridized carbons (Fsp3) is 0.400. The summed E-state index contributed by atoms with van der Waals surface area (Å²) in [5, 5.41) is 4.08. The molecule has 0 unspecified atom stereocenters. The highest BCUT2D eigenvalue weighted by Crippen LogP contribution is 2.36. The van der Waals surface area contributed by atoms with Crippen LogP contribution < -0.4 is 5.32 Å². The predicted molar refractivity (Wildman–Crippen MR) is 86.0 cm³/mol. The van der Waals surface area contributed by atoms with E-state index in [2.05, 4.69) is 24.1 Å². The molecule has 0 aliphatic rings. The van der Waals surface area contributed by atoms with E-state index in [4.69, 9.17) is 0 Å². The van der Waals surface area contributed by atoms with Crippen LogP contribution in [0.15, 0.2) is 23.1 Å². The molecule has 2 rings (SSSR count). The average Bonchev–Trinajstić information content (AvgIpc) is 2.78. The standard InChI is InChI=1S/C15H19FN2S2/c1-4-17-9-13-10(3)18-15(20-13)14-11(16)7-6-8-12(14)19-5-2/h6-8,17H,4-5,9H2,1-3H3. The minimum absolute atomic E-state index is 0.188. The van der Waals surface area contributed by atoms with Gasteiger partial charge in [0, 0.05) is 16.3 Å². The number of aryl methyl sites for hydroxylation is 1. The molecule has 0 bridgehead atoms. The smallest absolute Gasteiger partial charge is 0.134 e. The molecule has 0 spiro atoms. The second kappa shape index (κ2) is 7.20. The van der Waals surface area contributed by atoms with Gasteiger partial charge < -0.3 is 5.32 Å². The zero-order chi connectivity index (χ0) is 14.5. The molecule has 2 nitrogen and oxygen atoms in total. The van der Waals surface area contributed by atoms with Crippen molar-refractivity contribution >= 4 is 23.1 Å². The molecule has 0 saturated heterocycles. The molecule has 0 amide bonds. The normalized spacial score (nSPS) is 11.0. The van der Waals surface area contributed by atoms with E-state index in [-0.39, 0.29) is 5.82 Å². The summed E-state index contributed by atoms with van der Waals surface area (Å²) < 4.78 is 14.2. The van der Waals surface area contributed by atoms with Crippen molar-refractivity contribution in [3.63, 3.8) is 0 Å². The summed E-state index contributed by atoms with van der Waals surface area (Å²) in [6.45, 7) is 7.85. The van der Waals surface area contributed by atoms with Gasteiger partial charge in [-0.3, -0.25) is 0 Å². The van der Waals surface area contributed by atoms with Gasteiger partial charge in [0.05, 0.1) is 11.3 Å². The van der Waals surface area contributed by atoms with Gasteiger partial charge in [-0.1, -0.05) is 19.9 Å². The maximum absolute atomic E-state index is 14.2. The Morgan fingerprint density at radius 3 is 2.85 bits per heavy atom. The number of halogens is 1. The van der Waals surface area contributed by atoms with Gasteiger partial charge in [-0.05, 0) is 31.4 Å². The van der Waals surface area contributed by atoms with E-state index >= 15 is 0 Å². The maximum atomic E-state index is 14.2. The Balaban J connectivity index is 2.41. The second-order valence-corrected chi connectivity index (χ2v) is 6.74. The lowest BCUT2D eigenvalue weighted by Crippen LogP contribution is -2.11. The summed E-state index contributed by atoms with van der Waals surface area (Å²) in [5.41, 5.74) is 1.64. The Morgan fingerprint density at radius 2 is 2.15 bits per heavy atom. The number of nitrogens with one attached hydrogen (secondary N) is 1. The van der Waals surface area contributed by atoms with Crippen LogP contribution >= 0.6 is 23.1 Å². The molecule has 0 saturated carbocycles. The summed E-state index contributed by atoms with van der Waals surface area (Å²) in [5.74, 6) is 0.734. The summed E-state index contributed by atoms with van der Waals surface area (Å²) in [6, 6.07) is 5.24. The number of nitrogens with zero attached hydrogens (tertiary/aromatic N) is 1. The van der Waals surface area contributed by atoms with E-state index in [1.807, 2.05) is 13.0 Å². The van der Waals surface area contributed by atoms with Crippen LogP contribution in [0.4, 0.5) is 4.39 Å². The molecule has 1 aromatic heterocycles. The molecule has 0 atom stereocenters. The molecule has 2 aromatic rings. The van der Waals surface area contributed by atoms with Gasteiger partial charge in [-0.15, -0.1) is 23.1 Å². The van der Waals surface area contributed by atoms with Crippen molar-refractivity contribution in [2.45, 2.75) is 32.2 Å². The number of hydrogen-bond donors (Lipinski definition) is 1. The van der Waals surface area contributed by atoms with E-state index in [0.29, 0.717) is 5.56 Å². The molecule has 108 valence electrons. The van der Waals surface area contributed by atoms with Crippen molar-refractivity contribution < 1.29 is 4.39 Å². The first-order valence-electron chi connectivity index (χ1n) is 6.76. The first kappa shape index (κ1) is 15.5. The highest BCUT2D eigenvalue weighted by molar-refractivity contribution is 7.99. The van der Waals surface area contributed by atoms with Gasteiger partial charge in [0.25, 0.3) is 0 Å². The molecule has 0 fully saturated rings. The quantitative estimate of drug-likeness (QED) is 0.796. The summed E-state index contributed by atoms with van der Waals surface area (Å²) in [7, 11) is 0. The monoisotopic (exact) mass is 310 g/mol.